The first-order valence-corrected chi connectivity index (χ1v) is 5.18. The molecule has 0 fully saturated rings. The molecule has 5 heteroatoms. The maximum Gasteiger partial charge on any atom is 0.256 e. The Morgan fingerprint density at radius 3 is 2.53 bits per heavy atom. The summed E-state index contributed by atoms with van der Waals surface area (Å²) in [6.07, 6.45) is 0. The minimum absolute atomic E-state index is 0.0248. The lowest BCUT2D eigenvalue weighted by atomic mass is 10.1. The predicted molar refractivity (Wildman–Crippen MR) is 61.5 cm³/mol. The average Bonchev–Trinajstić information content (AvgIpc) is 2.24. The number of benzene rings is 1. The van der Waals surface area contributed by atoms with E-state index in [9.17, 15) is 9.90 Å². The molecule has 0 radical (unpaired) electrons. The van der Waals surface area contributed by atoms with Crippen LogP contribution < -0.4 is 5.32 Å². The highest BCUT2D eigenvalue weighted by molar-refractivity contribution is 5.97. The van der Waals surface area contributed by atoms with Crippen LogP contribution >= 0.6 is 0 Å². The van der Waals surface area contributed by atoms with Gasteiger partial charge >= 0.3 is 0 Å². The summed E-state index contributed by atoms with van der Waals surface area (Å²) >= 11 is 0. The van der Waals surface area contributed by atoms with E-state index in [-0.39, 0.29) is 23.0 Å². The number of phenolic OH excluding ortho intramolecular Hbond substituents is 2. The Hall–Kier alpha value is -2.22. The van der Waals surface area contributed by atoms with Crippen molar-refractivity contribution in [1.29, 1.82) is 5.26 Å². The monoisotopic (exact) mass is 234 g/mol. The van der Waals surface area contributed by atoms with Crippen molar-refractivity contribution < 1.29 is 15.0 Å². The number of nitriles is 1. The lowest BCUT2D eigenvalue weighted by Crippen LogP contribution is -2.37. The number of nitrogens with one attached hydrogen (secondary N) is 1. The largest absolute Gasteiger partial charge is 0.508 e. The van der Waals surface area contributed by atoms with Gasteiger partial charge in [-0.05, 0) is 18.1 Å². The number of amides is 1. The van der Waals surface area contributed by atoms with Crippen molar-refractivity contribution in [2.75, 3.05) is 0 Å². The highest BCUT2D eigenvalue weighted by atomic mass is 16.3. The molecular formula is C12H14N2O3. The van der Waals surface area contributed by atoms with Gasteiger partial charge in [0, 0.05) is 6.07 Å². The van der Waals surface area contributed by atoms with Crippen molar-refractivity contribution in [2.24, 2.45) is 5.92 Å². The third-order valence-corrected chi connectivity index (χ3v) is 2.32. The second-order valence-corrected chi connectivity index (χ2v) is 4.03. The highest BCUT2D eigenvalue weighted by Crippen LogP contribution is 2.22. The van der Waals surface area contributed by atoms with Gasteiger partial charge in [0.05, 0.1) is 11.6 Å². The average molecular weight is 234 g/mol. The minimum Gasteiger partial charge on any atom is -0.508 e. The van der Waals surface area contributed by atoms with E-state index >= 15 is 0 Å². The van der Waals surface area contributed by atoms with Crippen LogP contribution in [0.25, 0.3) is 0 Å². The molecule has 1 rings (SSSR count). The fraction of sp³-hybridized carbons (Fsp3) is 0.333. The SMILES string of the molecule is CC(C)C(C#N)NC(=O)c1ccc(O)cc1O. The second kappa shape index (κ2) is 5.21. The van der Waals surface area contributed by atoms with Gasteiger partial charge < -0.3 is 15.5 Å². The van der Waals surface area contributed by atoms with Crippen LogP contribution in [0.1, 0.15) is 24.2 Å². The van der Waals surface area contributed by atoms with Crippen molar-refractivity contribution in [3.05, 3.63) is 23.8 Å². The number of phenols is 2. The molecule has 90 valence electrons. The van der Waals surface area contributed by atoms with Gasteiger partial charge in [-0.2, -0.15) is 5.26 Å². The number of nitrogens with zero attached hydrogens (tertiary/aromatic N) is 1. The Morgan fingerprint density at radius 1 is 1.41 bits per heavy atom. The van der Waals surface area contributed by atoms with E-state index in [1.807, 2.05) is 19.9 Å². The molecule has 0 bridgehead atoms. The van der Waals surface area contributed by atoms with E-state index in [4.69, 9.17) is 10.4 Å². The van der Waals surface area contributed by atoms with Crippen LogP contribution in [0, 0.1) is 17.2 Å². The van der Waals surface area contributed by atoms with Gasteiger partial charge in [-0.3, -0.25) is 4.79 Å². The van der Waals surface area contributed by atoms with Crippen molar-refractivity contribution in [3.63, 3.8) is 0 Å². The topological polar surface area (TPSA) is 93.4 Å². The molecule has 5 nitrogen and oxygen atoms in total. The van der Waals surface area contributed by atoms with E-state index in [0.29, 0.717) is 0 Å². The molecule has 17 heavy (non-hydrogen) atoms. The Morgan fingerprint density at radius 2 is 2.06 bits per heavy atom. The molecule has 0 aliphatic heterocycles. The fourth-order valence-corrected chi connectivity index (χ4v) is 1.28. The number of rotatable bonds is 3. The third kappa shape index (κ3) is 3.11. The summed E-state index contributed by atoms with van der Waals surface area (Å²) in [5.41, 5.74) is 0.0312. The summed E-state index contributed by atoms with van der Waals surface area (Å²) in [7, 11) is 0. The zero-order chi connectivity index (χ0) is 13.0. The molecule has 1 aromatic rings. The molecule has 3 N–H and O–H groups in total. The molecule has 0 aromatic heterocycles. The molecule has 1 aromatic carbocycles. The maximum absolute atomic E-state index is 11.7. The van der Waals surface area contributed by atoms with Crippen LogP contribution in [0.4, 0.5) is 0 Å². The van der Waals surface area contributed by atoms with E-state index in [1.54, 1.807) is 0 Å². The predicted octanol–water partition coefficient (Wildman–Crippen LogP) is 1.38. The number of aromatic hydroxyl groups is 2. The Bertz CT molecular complexity index is 463. The van der Waals surface area contributed by atoms with E-state index in [2.05, 4.69) is 5.32 Å². The highest BCUT2D eigenvalue weighted by Gasteiger charge is 2.18. The first-order chi connectivity index (χ1) is 7.95. The molecule has 0 aliphatic rings. The molecule has 1 amide bonds. The van der Waals surface area contributed by atoms with Crippen LogP contribution in [-0.2, 0) is 0 Å². The van der Waals surface area contributed by atoms with Gasteiger partial charge in [-0.15, -0.1) is 0 Å². The van der Waals surface area contributed by atoms with Gasteiger partial charge in [0.1, 0.15) is 17.5 Å². The quantitative estimate of drug-likeness (QED) is 0.736. The van der Waals surface area contributed by atoms with Crippen LogP contribution in [0.5, 0.6) is 11.5 Å². The van der Waals surface area contributed by atoms with Gasteiger partial charge in [-0.1, -0.05) is 13.8 Å². The summed E-state index contributed by atoms with van der Waals surface area (Å²) in [6, 6.07) is 5.03. The van der Waals surface area contributed by atoms with Crippen molar-refractivity contribution in [1.82, 2.24) is 5.32 Å². The smallest absolute Gasteiger partial charge is 0.256 e. The van der Waals surface area contributed by atoms with Crippen LogP contribution in [0.2, 0.25) is 0 Å². The Labute approximate surface area is 99.3 Å². The van der Waals surface area contributed by atoms with Gasteiger partial charge in [0.2, 0.25) is 0 Å². The molecule has 0 heterocycles. The zero-order valence-corrected chi connectivity index (χ0v) is 9.64. The molecule has 0 saturated heterocycles. The van der Waals surface area contributed by atoms with E-state index < -0.39 is 11.9 Å². The summed E-state index contributed by atoms with van der Waals surface area (Å²) < 4.78 is 0. The number of hydrogen-bond acceptors (Lipinski definition) is 4. The number of carbonyl (C=O) groups is 1. The van der Waals surface area contributed by atoms with Gasteiger partial charge in [-0.25, -0.2) is 0 Å². The Balaban J connectivity index is 2.87. The zero-order valence-electron chi connectivity index (χ0n) is 9.64. The van der Waals surface area contributed by atoms with Crippen molar-refractivity contribution >= 4 is 5.91 Å². The maximum atomic E-state index is 11.7. The first kappa shape index (κ1) is 12.8. The summed E-state index contributed by atoms with van der Waals surface area (Å²) in [5.74, 6) is -1.01. The van der Waals surface area contributed by atoms with Crippen LogP contribution in [-0.4, -0.2) is 22.2 Å². The van der Waals surface area contributed by atoms with Crippen molar-refractivity contribution in [3.8, 4) is 17.6 Å². The third-order valence-electron chi connectivity index (χ3n) is 2.32. The fourth-order valence-electron chi connectivity index (χ4n) is 1.28. The van der Waals surface area contributed by atoms with E-state index in [0.717, 1.165) is 6.07 Å². The normalized spacial score (nSPS) is 11.9. The van der Waals surface area contributed by atoms with E-state index in [1.165, 1.54) is 12.1 Å². The lowest BCUT2D eigenvalue weighted by Gasteiger charge is -2.15. The minimum atomic E-state index is -0.615. The van der Waals surface area contributed by atoms with Crippen LogP contribution in [0.15, 0.2) is 18.2 Å². The standard InChI is InChI=1S/C12H14N2O3/c1-7(2)10(6-13)14-12(17)9-4-3-8(15)5-11(9)16/h3-5,7,10,15-16H,1-2H3,(H,14,17). The lowest BCUT2D eigenvalue weighted by molar-refractivity contribution is 0.0935. The molecule has 0 aliphatic carbocycles. The number of carbonyl (C=O) groups excluding carboxylic acids is 1. The molecule has 0 spiro atoms. The molecule has 0 saturated carbocycles. The summed E-state index contributed by atoms with van der Waals surface area (Å²) in [6.45, 7) is 3.62. The van der Waals surface area contributed by atoms with Crippen LogP contribution in [0.3, 0.4) is 0 Å². The molecule has 1 unspecified atom stereocenters. The molecular weight excluding hydrogens is 220 g/mol. The Kier molecular flexibility index (Phi) is 3.94. The van der Waals surface area contributed by atoms with Crippen molar-refractivity contribution in [2.45, 2.75) is 19.9 Å². The number of hydrogen-bond donors (Lipinski definition) is 3. The summed E-state index contributed by atoms with van der Waals surface area (Å²) in [5, 5.41) is 29.9. The first-order valence-electron chi connectivity index (χ1n) is 5.18. The molecule has 1 atom stereocenters. The van der Waals surface area contributed by atoms with Gasteiger partial charge in [0.15, 0.2) is 0 Å². The second-order valence-electron chi connectivity index (χ2n) is 4.03. The summed E-state index contributed by atoms with van der Waals surface area (Å²) in [4.78, 5) is 11.7. The van der Waals surface area contributed by atoms with Gasteiger partial charge in [0.25, 0.3) is 5.91 Å².